The van der Waals surface area contributed by atoms with Gasteiger partial charge in [0.2, 0.25) is 0 Å². The first-order valence-corrected chi connectivity index (χ1v) is 5.24. The summed E-state index contributed by atoms with van der Waals surface area (Å²) in [6.07, 6.45) is 2.45. The lowest BCUT2D eigenvalue weighted by molar-refractivity contribution is 0.111. The van der Waals surface area contributed by atoms with Crippen LogP contribution in [0.25, 0.3) is 11.3 Å². The summed E-state index contributed by atoms with van der Waals surface area (Å²) in [6, 6.07) is 7.89. The zero-order chi connectivity index (χ0) is 10.8. The average Bonchev–Trinajstić information content (AvgIpc) is 2.61. The van der Waals surface area contributed by atoms with E-state index in [1.54, 1.807) is 10.8 Å². The summed E-state index contributed by atoms with van der Waals surface area (Å²) in [7, 11) is 1.83. The van der Waals surface area contributed by atoms with Crippen LogP contribution in [-0.4, -0.2) is 15.8 Å². The summed E-state index contributed by atoms with van der Waals surface area (Å²) in [6.45, 7) is 0. The zero-order valence-electron chi connectivity index (χ0n) is 8.14. The molecule has 4 heteroatoms. The topological polar surface area (TPSA) is 34.9 Å². The Morgan fingerprint density at radius 1 is 1.33 bits per heavy atom. The van der Waals surface area contributed by atoms with Gasteiger partial charge in [0.1, 0.15) is 0 Å². The van der Waals surface area contributed by atoms with Crippen LogP contribution in [0.3, 0.4) is 0 Å². The first kappa shape index (κ1) is 10.1. The van der Waals surface area contributed by atoms with Crippen molar-refractivity contribution in [3.63, 3.8) is 0 Å². The van der Waals surface area contributed by atoms with Crippen molar-refractivity contribution in [1.29, 1.82) is 0 Å². The number of carbonyl (C=O) groups is 1. The average molecular weight is 265 g/mol. The minimum atomic E-state index is 0.438. The van der Waals surface area contributed by atoms with E-state index in [1.807, 2.05) is 31.3 Å². The number of carbonyl (C=O) groups excluding carboxylic acids is 1. The molecule has 0 radical (unpaired) electrons. The van der Waals surface area contributed by atoms with Gasteiger partial charge in [0.15, 0.2) is 12.1 Å². The Morgan fingerprint density at radius 2 is 2.00 bits per heavy atom. The van der Waals surface area contributed by atoms with E-state index in [4.69, 9.17) is 0 Å². The molecule has 0 unspecified atom stereocenters. The molecular weight excluding hydrogens is 256 g/mol. The quantitative estimate of drug-likeness (QED) is 0.782. The number of rotatable bonds is 2. The molecule has 2 rings (SSSR count). The van der Waals surface area contributed by atoms with Crippen LogP contribution < -0.4 is 0 Å². The number of benzene rings is 1. The molecule has 0 aliphatic carbocycles. The molecule has 0 aliphatic heterocycles. The van der Waals surface area contributed by atoms with Crippen LogP contribution >= 0.6 is 15.9 Å². The Morgan fingerprint density at radius 3 is 2.53 bits per heavy atom. The highest BCUT2D eigenvalue weighted by Gasteiger charge is 2.06. The lowest BCUT2D eigenvalue weighted by Crippen LogP contribution is -1.97. The Bertz CT molecular complexity index is 488. The Kier molecular flexibility index (Phi) is 2.68. The third-order valence-corrected chi connectivity index (χ3v) is 2.80. The summed E-state index contributed by atoms with van der Waals surface area (Å²) in [4.78, 5) is 14.7. The number of hydrogen-bond donors (Lipinski definition) is 0. The Balaban J connectivity index is 2.49. The highest BCUT2D eigenvalue weighted by molar-refractivity contribution is 9.10. The van der Waals surface area contributed by atoms with Crippen LogP contribution in [0, 0.1) is 0 Å². The molecule has 0 bridgehead atoms. The van der Waals surface area contributed by atoms with E-state index < -0.39 is 0 Å². The van der Waals surface area contributed by atoms with E-state index in [-0.39, 0.29) is 0 Å². The zero-order valence-corrected chi connectivity index (χ0v) is 9.73. The van der Waals surface area contributed by atoms with Crippen molar-refractivity contribution in [3.8, 4) is 11.3 Å². The highest BCUT2D eigenvalue weighted by atomic mass is 79.9. The summed E-state index contributed by atoms with van der Waals surface area (Å²) in [5, 5.41) is 0. The molecule has 0 spiro atoms. The van der Waals surface area contributed by atoms with E-state index in [0.717, 1.165) is 22.0 Å². The Labute approximate surface area is 95.9 Å². The fourth-order valence-electron chi connectivity index (χ4n) is 1.42. The van der Waals surface area contributed by atoms with Crippen LogP contribution in [0.1, 0.15) is 10.6 Å². The molecule has 0 N–H and O–H groups in total. The van der Waals surface area contributed by atoms with Gasteiger partial charge in [0.05, 0.1) is 11.9 Å². The molecule has 76 valence electrons. The van der Waals surface area contributed by atoms with Crippen LogP contribution in [0.2, 0.25) is 0 Å². The second kappa shape index (κ2) is 3.98. The highest BCUT2D eigenvalue weighted by Crippen LogP contribution is 2.21. The third kappa shape index (κ3) is 1.85. The van der Waals surface area contributed by atoms with Crippen molar-refractivity contribution in [1.82, 2.24) is 9.55 Å². The van der Waals surface area contributed by atoms with Crippen LogP contribution in [-0.2, 0) is 7.05 Å². The van der Waals surface area contributed by atoms with Gasteiger partial charge < -0.3 is 4.57 Å². The maximum Gasteiger partial charge on any atom is 0.185 e. The number of hydrogen-bond acceptors (Lipinski definition) is 2. The summed E-state index contributed by atoms with van der Waals surface area (Å²) < 4.78 is 2.81. The molecule has 1 aromatic heterocycles. The van der Waals surface area contributed by atoms with Gasteiger partial charge in [-0.05, 0) is 17.7 Å². The standard InChI is InChI=1S/C11H9BrN2O/c1-14-10(6-13-11(14)7-15)8-2-4-9(12)5-3-8/h2-7H,1H3. The molecule has 1 heterocycles. The molecule has 1 aromatic carbocycles. The van der Waals surface area contributed by atoms with Gasteiger partial charge in [-0.2, -0.15) is 0 Å². The van der Waals surface area contributed by atoms with Crippen LogP contribution in [0.4, 0.5) is 0 Å². The fraction of sp³-hybridized carbons (Fsp3) is 0.0909. The largest absolute Gasteiger partial charge is 0.325 e. The van der Waals surface area contributed by atoms with Gasteiger partial charge in [-0.25, -0.2) is 4.98 Å². The fourth-order valence-corrected chi connectivity index (χ4v) is 1.69. The summed E-state index contributed by atoms with van der Waals surface area (Å²) in [5.41, 5.74) is 1.98. The maximum atomic E-state index is 10.6. The van der Waals surface area contributed by atoms with Gasteiger partial charge in [0, 0.05) is 11.5 Å². The summed E-state index contributed by atoms with van der Waals surface area (Å²) >= 11 is 3.38. The van der Waals surface area contributed by atoms with Crippen molar-refractivity contribution in [2.75, 3.05) is 0 Å². The monoisotopic (exact) mass is 264 g/mol. The smallest absolute Gasteiger partial charge is 0.185 e. The van der Waals surface area contributed by atoms with Crippen molar-refractivity contribution in [2.24, 2.45) is 7.05 Å². The minimum absolute atomic E-state index is 0.438. The normalized spacial score (nSPS) is 10.3. The van der Waals surface area contributed by atoms with E-state index in [1.165, 1.54) is 0 Å². The molecule has 0 saturated carbocycles. The molecule has 0 fully saturated rings. The SMILES string of the molecule is Cn1c(-c2ccc(Br)cc2)cnc1C=O. The third-order valence-electron chi connectivity index (χ3n) is 2.27. The number of imidazole rings is 1. The molecule has 0 saturated heterocycles. The molecular formula is C11H9BrN2O. The van der Waals surface area contributed by atoms with Crippen LogP contribution in [0.5, 0.6) is 0 Å². The number of aldehydes is 1. The number of nitrogens with zero attached hydrogens (tertiary/aromatic N) is 2. The van der Waals surface area contributed by atoms with Gasteiger partial charge in [-0.1, -0.05) is 28.1 Å². The maximum absolute atomic E-state index is 10.6. The molecule has 0 atom stereocenters. The van der Waals surface area contributed by atoms with Gasteiger partial charge in [-0.15, -0.1) is 0 Å². The van der Waals surface area contributed by atoms with Gasteiger partial charge >= 0.3 is 0 Å². The first-order chi connectivity index (χ1) is 7.22. The molecule has 2 aromatic rings. The molecule has 3 nitrogen and oxygen atoms in total. The summed E-state index contributed by atoms with van der Waals surface area (Å²) in [5.74, 6) is 0.438. The van der Waals surface area contributed by atoms with Crippen LogP contribution in [0.15, 0.2) is 34.9 Å². The first-order valence-electron chi connectivity index (χ1n) is 4.45. The predicted molar refractivity (Wildman–Crippen MR) is 61.7 cm³/mol. The molecule has 0 aliphatic rings. The second-order valence-electron chi connectivity index (χ2n) is 3.19. The minimum Gasteiger partial charge on any atom is -0.325 e. The van der Waals surface area contributed by atoms with Gasteiger partial charge in [-0.3, -0.25) is 4.79 Å². The van der Waals surface area contributed by atoms with E-state index in [0.29, 0.717) is 5.82 Å². The molecule has 0 amide bonds. The van der Waals surface area contributed by atoms with Gasteiger partial charge in [0.25, 0.3) is 0 Å². The van der Waals surface area contributed by atoms with Crippen molar-refractivity contribution in [3.05, 3.63) is 40.8 Å². The Hall–Kier alpha value is -1.42. The van der Waals surface area contributed by atoms with E-state index in [2.05, 4.69) is 20.9 Å². The number of aromatic nitrogens is 2. The lowest BCUT2D eigenvalue weighted by Gasteiger charge is -2.02. The predicted octanol–water partition coefficient (Wildman–Crippen LogP) is 2.66. The molecule has 15 heavy (non-hydrogen) atoms. The second-order valence-corrected chi connectivity index (χ2v) is 4.10. The lowest BCUT2D eigenvalue weighted by atomic mass is 10.2. The number of halogens is 1. The van der Waals surface area contributed by atoms with E-state index >= 15 is 0 Å². The van der Waals surface area contributed by atoms with Crippen molar-refractivity contribution in [2.45, 2.75) is 0 Å². The van der Waals surface area contributed by atoms with E-state index in [9.17, 15) is 4.79 Å². The van der Waals surface area contributed by atoms with Crippen molar-refractivity contribution >= 4 is 22.2 Å². The van der Waals surface area contributed by atoms with Crippen molar-refractivity contribution < 1.29 is 4.79 Å².